The molecule has 1 aromatic carbocycles. The highest BCUT2D eigenvalue weighted by atomic mass is 16.5. The zero-order valence-corrected chi connectivity index (χ0v) is 12.0. The number of furan rings is 1. The summed E-state index contributed by atoms with van der Waals surface area (Å²) in [6.45, 7) is 1.86. The molecule has 0 fully saturated rings. The van der Waals surface area contributed by atoms with Gasteiger partial charge in [0.1, 0.15) is 5.76 Å². The van der Waals surface area contributed by atoms with Gasteiger partial charge < -0.3 is 14.5 Å². The fraction of sp³-hybridized carbons (Fsp3) is 0.250. The maximum Gasteiger partial charge on any atom is 0.337 e. The van der Waals surface area contributed by atoms with Crippen molar-refractivity contribution in [2.45, 2.75) is 19.8 Å². The van der Waals surface area contributed by atoms with Crippen LogP contribution in [-0.2, 0) is 16.0 Å². The molecule has 21 heavy (non-hydrogen) atoms. The molecule has 2 aromatic rings. The second-order valence-corrected chi connectivity index (χ2v) is 4.65. The highest BCUT2D eigenvalue weighted by Crippen LogP contribution is 2.18. The first-order valence-electron chi connectivity index (χ1n) is 6.61. The number of carbonyl (C=O) groups excluding carboxylic acids is 2. The molecule has 1 N–H and O–H groups in total. The number of hydrogen-bond donors (Lipinski definition) is 1. The summed E-state index contributed by atoms with van der Waals surface area (Å²) < 4.78 is 9.85. The van der Waals surface area contributed by atoms with Crippen LogP contribution in [0.4, 0.5) is 5.69 Å². The van der Waals surface area contributed by atoms with E-state index in [9.17, 15) is 9.59 Å². The van der Waals surface area contributed by atoms with Gasteiger partial charge in [0.05, 0.1) is 18.9 Å². The number of aryl methyl sites for hydroxylation is 2. The fourth-order valence-corrected chi connectivity index (χ4v) is 1.91. The number of amides is 1. The van der Waals surface area contributed by atoms with Crippen molar-refractivity contribution >= 4 is 17.6 Å². The Morgan fingerprint density at radius 3 is 2.76 bits per heavy atom. The van der Waals surface area contributed by atoms with Gasteiger partial charge in [-0.05, 0) is 36.8 Å². The van der Waals surface area contributed by atoms with Crippen LogP contribution in [0.3, 0.4) is 0 Å². The lowest BCUT2D eigenvalue weighted by molar-refractivity contribution is -0.116. The summed E-state index contributed by atoms with van der Waals surface area (Å²) in [5, 5.41) is 2.80. The minimum absolute atomic E-state index is 0.128. The number of carbonyl (C=O) groups is 2. The Hall–Kier alpha value is -2.56. The molecule has 2 rings (SSSR count). The van der Waals surface area contributed by atoms with Gasteiger partial charge in [-0.3, -0.25) is 4.79 Å². The number of hydrogen-bond acceptors (Lipinski definition) is 4. The molecule has 0 aliphatic heterocycles. The third-order valence-corrected chi connectivity index (χ3v) is 3.11. The SMILES string of the molecule is COC(=O)c1ccc(C)c(NC(=O)CCc2ccco2)c1. The molecule has 0 bridgehead atoms. The number of anilines is 1. The minimum Gasteiger partial charge on any atom is -0.469 e. The third kappa shape index (κ3) is 3.95. The van der Waals surface area contributed by atoms with E-state index in [1.54, 1.807) is 30.5 Å². The predicted molar refractivity (Wildman–Crippen MR) is 78.2 cm³/mol. The van der Waals surface area contributed by atoms with Crippen molar-refractivity contribution in [2.75, 3.05) is 12.4 Å². The van der Waals surface area contributed by atoms with Gasteiger partial charge >= 0.3 is 5.97 Å². The van der Waals surface area contributed by atoms with E-state index in [1.807, 2.05) is 13.0 Å². The fourth-order valence-electron chi connectivity index (χ4n) is 1.91. The summed E-state index contributed by atoms with van der Waals surface area (Å²) in [7, 11) is 1.32. The Labute approximate surface area is 122 Å². The lowest BCUT2D eigenvalue weighted by Gasteiger charge is -2.09. The van der Waals surface area contributed by atoms with Gasteiger partial charge in [-0.15, -0.1) is 0 Å². The van der Waals surface area contributed by atoms with E-state index in [0.717, 1.165) is 11.3 Å². The van der Waals surface area contributed by atoms with Crippen molar-refractivity contribution in [3.05, 3.63) is 53.5 Å². The van der Waals surface area contributed by atoms with E-state index in [0.29, 0.717) is 24.1 Å². The number of ether oxygens (including phenoxy) is 1. The molecule has 0 aliphatic carbocycles. The summed E-state index contributed by atoms with van der Waals surface area (Å²) in [4.78, 5) is 23.4. The van der Waals surface area contributed by atoms with Crippen LogP contribution in [0, 0.1) is 6.92 Å². The summed E-state index contributed by atoms with van der Waals surface area (Å²) in [6.07, 6.45) is 2.43. The molecular formula is C16H17NO4. The summed E-state index contributed by atoms with van der Waals surface area (Å²) in [5.41, 5.74) is 1.90. The van der Waals surface area contributed by atoms with Crippen molar-refractivity contribution < 1.29 is 18.7 Å². The van der Waals surface area contributed by atoms with Gasteiger partial charge in [-0.1, -0.05) is 6.07 Å². The molecular weight excluding hydrogens is 270 g/mol. The van der Waals surface area contributed by atoms with E-state index in [1.165, 1.54) is 7.11 Å². The zero-order chi connectivity index (χ0) is 15.2. The van der Waals surface area contributed by atoms with Crippen LogP contribution >= 0.6 is 0 Å². The topological polar surface area (TPSA) is 68.5 Å². The highest BCUT2D eigenvalue weighted by Gasteiger charge is 2.10. The van der Waals surface area contributed by atoms with Crippen LogP contribution in [0.25, 0.3) is 0 Å². The van der Waals surface area contributed by atoms with Crippen LogP contribution in [0.15, 0.2) is 41.0 Å². The van der Waals surface area contributed by atoms with Crippen LogP contribution in [0.2, 0.25) is 0 Å². The maximum atomic E-state index is 11.9. The van der Waals surface area contributed by atoms with Crippen molar-refractivity contribution in [3.63, 3.8) is 0 Å². The molecule has 110 valence electrons. The lowest BCUT2D eigenvalue weighted by atomic mass is 10.1. The second kappa shape index (κ2) is 6.74. The zero-order valence-electron chi connectivity index (χ0n) is 12.0. The molecule has 1 amide bonds. The van der Waals surface area contributed by atoms with Crippen LogP contribution in [0.1, 0.15) is 28.1 Å². The third-order valence-electron chi connectivity index (χ3n) is 3.11. The molecule has 0 atom stereocenters. The number of benzene rings is 1. The largest absolute Gasteiger partial charge is 0.469 e. The lowest BCUT2D eigenvalue weighted by Crippen LogP contribution is -2.14. The monoisotopic (exact) mass is 287 g/mol. The van der Waals surface area contributed by atoms with Gasteiger partial charge in [0, 0.05) is 18.5 Å². The number of esters is 1. The molecule has 5 nitrogen and oxygen atoms in total. The molecule has 0 spiro atoms. The van der Waals surface area contributed by atoms with E-state index in [4.69, 9.17) is 4.42 Å². The first kappa shape index (κ1) is 14.8. The number of nitrogens with one attached hydrogen (secondary N) is 1. The van der Waals surface area contributed by atoms with Crippen molar-refractivity contribution in [3.8, 4) is 0 Å². The summed E-state index contributed by atoms with van der Waals surface area (Å²) in [5.74, 6) is 0.211. The van der Waals surface area contributed by atoms with Gasteiger partial charge in [0.2, 0.25) is 5.91 Å². The van der Waals surface area contributed by atoms with Crippen LogP contribution < -0.4 is 5.32 Å². The molecule has 0 radical (unpaired) electrons. The van der Waals surface area contributed by atoms with E-state index in [-0.39, 0.29) is 5.91 Å². The van der Waals surface area contributed by atoms with Crippen molar-refractivity contribution in [1.29, 1.82) is 0 Å². The normalized spacial score (nSPS) is 10.2. The first-order chi connectivity index (χ1) is 10.1. The van der Waals surface area contributed by atoms with Crippen molar-refractivity contribution in [2.24, 2.45) is 0 Å². The molecule has 0 unspecified atom stereocenters. The van der Waals surface area contributed by atoms with Crippen LogP contribution in [0.5, 0.6) is 0 Å². The Morgan fingerprint density at radius 2 is 2.10 bits per heavy atom. The second-order valence-electron chi connectivity index (χ2n) is 4.65. The van der Waals surface area contributed by atoms with Crippen molar-refractivity contribution in [1.82, 2.24) is 0 Å². The summed E-state index contributed by atoms with van der Waals surface area (Å²) >= 11 is 0. The standard InChI is InChI=1S/C16H17NO4/c1-11-5-6-12(16(19)20-2)10-14(11)17-15(18)8-7-13-4-3-9-21-13/h3-6,9-10H,7-8H2,1-2H3,(H,17,18). The molecule has 0 saturated carbocycles. The summed E-state index contributed by atoms with van der Waals surface area (Å²) in [6, 6.07) is 8.67. The van der Waals surface area contributed by atoms with E-state index in [2.05, 4.69) is 10.1 Å². The molecule has 1 heterocycles. The smallest absolute Gasteiger partial charge is 0.337 e. The Balaban J connectivity index is 2.01. The quantitative estimate of drug-likeness (QED) is 0.858. The van der Waals surface area contributed by atoms with Gasteiger partial charge in [0.15, 0.2) is 0 Å². The Kier molecular flexibility index (Phi) is 4.77. The number of rotatable bonds is 5. The maximum absolute atomic E-state index is 11.9. The molecule has 0 aliphatic rings. The molecule has 5 heteroatoms. The Bertz CT molecular complexity index is 632. The van der Waals surface area contributed by atoms with Gasteiger partial charge in [-0.2, -0.15) is 0 Å². The minimum atomic E-state index is -0.430. The van der Waals surface area contributed by atoms with Crippen LogP contribution in [-0.4, -0.2) is 19.0 Å². The van der Waals surface area contributed by atoms with Gasteiger partial charge in [0.25, 0.3) is 0 Å². The van der Waals surface area contributed by atoms with E-state index < -0.39 is 5.97 Å². The first-order valence-corrected chi connectivity index (χ1v) is 6.61. The molecule has 1 aromatic heterocycles. The predicted octanol–water partition coefficient (Wildman–Crippen LogP) is 2.95. The molecule has 0 saturated heterocycles. The highest BCUT2D eigenvalue weighted by molar-refractivity contribution is 5.95. The van der Waals surface area contributed by atoms with E-state index >= 15 is 0 Å². The average molecular weight is 287 g/mol. The average Bonchev–Trinajstić information content (AvgIpc) is 3.00. The van der Waals surface area contributed by atoms with Gasteiger partial charge in [-0.25, -0.2) is 4.79 Å². The number of methoxy groups -OCH3 is 1. The Morgan fingerprint density at radius 1 is 1.29 bits per heavy atom.